The van der Waals surface area contributed by atoms with E-state index in [4.69, 9.17) is 9.47 Å². The minimum atomic E-state index is -0.148. The topological polar surface area (TPSA) is 93.7 Å². The molecule has 26 heavy (non-hydrogen) atoms. The predicted octanol–water partition coefficient (Wildman–Crippen LogP) is 1.74. The van der Waals surface area contributed by atoms with Gasteiger partial charge < -0.3 is 19.7 Å². The number of ether oxygens (including phenoxy) is 2. The van der Waals surface area contributed by atoms with Crippen molar-refractivity contribution in [2.45, 2.75) is 19.4 Å². The van der Waals surface area contributed by atoms with Crippen molar-refractivity contribution in [3.63, 3.8) is 0 Å². The Morgan fingerprint density at radius 2 is 1.81 bits per heavy atom. The maximum absolute atomic E-state index is 12.6. The molecule has 1 unspecified atom stereocenters. The van der Waals surface area contributed by atoms with E-state index in [2.05, 4.69) is 15.5 Å². The standard InChI is InChI=1S/C18H20N4O4/c1-12(23)19-14-5-3-13(4-6-14)18(24)22-10-9-15(11-22)26-17-8-7-16(25-2)20-21-17/h3-8,15H,9-11H2,1-2H3,(H,19,23). The minimum Gasteiger partial charge on any atom is -0.480 e. The third kappa shape index (κ3) is 4.27. The van der Waals surface area contributed by atoms with E-state index in [-0.39, 0.29) is 17.9 Å². The molecule has 2 aromatic rings. The number of hydrogen-bond acceptors (Lipinski definition) is 6. The second kappa shape index (κ2) is 7.81. The lowest BCUT2D eigenvalue weighted by Gasteiger charge is -2.17. The lowest BCUT2D eigenvalue weighted by Crippen LogP contribution is -2.31. The number of nitrogens with zero attached hydrogens (tertiary/aromatic N) is 3. The van der Waals surface area contributed by atoms with Gasteiger partial charge in [0.05, 0.1) is 13.7 Å². The molecule has 8 nitrogen and oxygen atoms in total. The van der Waals surface area contributed by atoms with Crippen LogP contribution >= 0.6 is 0 Å². The predicted molar refractivity (Wildman–Crippen MR) is 94.3 cm³/mol. The van der Waals surface area contributed by atoms with Crippen LogP contribution in [0.3, 0.4) is 0 Å². The summed E-state index contributed by atoms with van der Waals surface area (Å²) < 4.78 is 10.7. The molecule has 1 saturated heterocycles. The maximum Gasteiger partial charge on any atom is 0.253 e. The van der Waals surface area contributed by atoms with Gasteiger partial charge in [-0.2, -0.15) is 0 Å². The summed E-state index contributed by atoms with van der Waals surface area (Å²) in [5, 5.41) is 10.5. The van der Waals surface area contributed by atoms with Crippen LogP contribution in [0.15, 0.2) is 36.4 Å². The molecule has 0 saturated carbocycles. The Balaban J connectivity index is 1.57. The van der Waals surface area contributed by atoms with Crippen LogP contribution in [0.4, 0.5) is 5.69 Å². The number of anilines is 1. The highest BCUT2D eigenvalue weighted by Crippen LogP contribution is 2.20. The lowest BCUT2D eigenvalue weighted by atomic mass is 10.2. The molecule has 136 valence electrons. The second-order valence-corrected chi connectivity index (χ2v) is 5.95. The number of aromatic nitrogens is 2. The third-order valence-corrected chi connectivity index (χ3v) is 4.00. The molecule has 3 rings (SSSR count). The van der Waals surface area contributed by atoms with Gasteiger partial charge in [0, 0.05) is 43.3 Å². The average Bonchev–Trinajstić information content (AvgIpc) is 3.10. The number of carbonyl (C=O) groups is 2. The van der Waals surface area contributed by atoms with Gasteiger partial charge in [0.2, 0.25) is 17.7 Å². The van der Waals surface area contributed by atoms with Crippen molar-refractivity contribution in [3.8, 4) is 11.8 Å². The smallest absolute Gasteiger partial charge is 0.253 e. The van der Waals surface area contributed by atoms with Gasteiger partial charge in [-0.1, -0.05) is 0 Å². The van der Waals surface area contributed by atoms with Gasteiger partial charge in [-0.05, 0) is 24.3 Å². The van der Waals surface area contributed by atoms with Crippen LogP contribution in [-0.4, -0.2) is 53.2 Å². The van der Waals surface area contributed by atoms with E-state index >= 15 is 0 Å². The van der Waals surface area contributed by atoms with Crippen LogP contribution in [0.1, 0.15) is 23.7 Å². The first-order chi connectivity index (χ1) is 12.5. The molecule has 1 N–H and O–H groups in total. The number of amides is 2. The van der Waals surface area contributed by atoms with E-state index in [0.717, 1.165) is 6.42 Å². The summed E-state index contributed by atoms with van der Waals surface area (Å²) in [5.41, 5.74) is 1.23. The first-order valence-corrected chi connectivity index (χ1v) is 8.26. The number of carbonyl (C=O) groups excluding carboxylic acids is 2. The van der Waals surface area contributed by atoms with Crippen LogP contribution in [0, 0.1) is 0 Å². The van der Waals surface area contributed by atoms with Gasteiger partial charge in [0.25, 0.3) is 5.91 Å². The van der Waals surface area contributed by atoms with Gasteiger partial charge in [-0.3, -0.25) is 9.59 Å². The molecule has 0 bridgehead atoms. The fourth-order valence-electron chi connectivity index (χ4n) is 2.74. The summed E-state index contributed by atoms with van der Waals surface area (Å²) >= 11 is 0. The van der Waals surface area contributed by atoms with E-state index in [1.54, 1.807) is 41.3 Å². The van der Waals surface area contributed by atoms with Gasteiger partial charge in [-0.25, -0.2) is 0 Å². The SMILES string of the molecule is COc1ccc(OC2CCN(C(=O)c3ccc(NC(C)=O)cc3)C2)nn1. The second-order valence-electron chi connectivity index (χ2n) is 5.95. The summed E-state index contributed by atoms with van der Waals surface area (Å²) in [6.45, 7) is 2.54. The fraction of sp³-hybridized carbons (Fsp3) is 0.333. The Labute approximate surface area is 151 Å². The van der Waals surface area contributed by atoms with Gasteiger partial charge in [0.1, 0.15) is 6.10 Å². The molecule has 1 aromatic carbocycles. The van der Waals surface area contributed by atoms with Crippen LogP contribution in [0.25, 0.3) is 0 Å². The lowest BCUT2D eigenvalue weighted by molar-refractivity contribution is -0.114. The van der Waals surface area contributed by atoms with Crippen molar-refractivity contribution in [2.75, 3.05) is 25.5 Å². The summed E-state index contributed by atoms with van der Waals surface area (Å²) in [5.74, 6) is 0.615. The first-order valence-electron chi connectivity index (χ1n) is 8.26. The highest BCUT2D eigenvalue weighted by Gasteiger charge is 2.28. The maximum atomic E-state index is 12.6. The largest absolute Gasteiger partial charge is 0.480 e. The van der Waals surface area contributed by atoms with Crippen molar-refractivity contribution >= 4 is 17.5 Å². The summed E-state index contributed by atoms with van der Waals surface area (Å²) in [4.78, 5) is 25.4. The molecular weight excluding hydrogens is 336 g/mol. The van der Waals surface area contributed by atoms with Crippen LogP contribution < -0.4 is 14.8 Å². The molecule has 0 spiro atoms. The number of hydrogen-bond donors (Lipinski definition) is 1. The van der Waals surface area contributed by atoms with Crippen LogP contribution in [0.2, 0.25) is 0 Å². The zero-order chi connectivity index (χ0) is 18.5. The molecule has 0 aliphatic carbocycles. The Morgan fingerprint density at radius 1 is 1.12 bits per heavy atom. The molecule has 1 fully saturated rings. The molecule has 1 aromatic heterocycles. The summed E-state index contributed by atoms with van der Waals surface area (Å²) in [6.07, 6.45) is 0.601. The van der Waals surface area contributed by atoms with Crippen molar-refractivity contribution in [2.24, 2.45) is 0 Å². The molecule has 2 heterocycles. The van der Waals surface area contributed by atoms with Crippen molar-refractivity contribution in [1.29, 1.82) is 0 Å². The monoisotopic (exact) mass is 356 g/mol. The summed E-state index contributed by atoms with van der Waals surface area (Å²) in [7, 11) is 1.52. The van der Waals surface area contributed by atoms with Crippen LogP contribution in [0.5, 0.6) is 11.8 Å². The number of methoxy groups -OCH3 is 1. The van der Waals surface area contributed by atoms with Crippen molar-refractivity contribution in [1.82, 2.24) is 15.1 Å². The third-order valence-electron chi connectivity index (χ3n) is 4.00. The molecule has 1 aliphatic rings. The number of rotatable bonds is 5. The highest BCUT2D eigenvalue weighted by molar-refractivity contribution is 5.95. The van der Waals surface area contributed by atoms with Gasteiger partial charge in [0.15, 0.2) is 0 Å². The van der Waals surface area contributed by atoms with E-state index in [9.17, 15) is 9.59 Å². The molecule has 1 atom stereocenters. The summed E-state index contributed by atoms with van der Waals surface area (Å²) in [6, 6.07) is 10.2. The fourth-order valence-corrected chi connectivity index (χ4v) is 2.74. The zero-order valence-electron chi connectivity index (χ0n) is 14.6. The van der Waals surface area contributed by atoms with Crippen molar-refractivity contribution in [3.05, 3.63) is 42.0 Å². The van der Waals surface area contributed by atoms with Crippen LogP contribution in [-0.2, 0) is 4.79 Å². The molecule has 1 aliphatic heterocycles. The molecular formula is C18H20N4O4. The first kappa shape index (κ1) is 17.7. The number of likely N-dealkylation sites (tertiary alicyclic amines) is 1. The average molecular weight is 356 g/mol. The van der Waals surface area contributed by atoms with Gasteiger partial charge >= 0.3 is 0 Å². The molecule has 0 radical (unpaired) electrons. The number of benzene rings is 1. The van der Waals surface area contributed by atoms with E-state index in [0.29, 0.717) is 36.1 Å². The Morgan fingerprint density at radius 3 is 2.42 bits per heavy atom. The molecule has 8 heteroatoms. The quantitative estimate of drug-likeness (QED) is 0.877. The Bertz CT molecular complexity index is 777. The highest BCUT2D eigenvalue weighted by atomic mass is 16.5. The minimum absolute atomic E-state index is 0.0636. The normalized spacial score (nSPS) is 16.2. The molecule has 2 amide bonds. The Hall–Kier alpha value is -3.16. The Kier molecular flexibility index (Phi) is 5.31. The van der Waals surface area contributed by atoms with E-state index < -0.39 is 0 Å². The van der Waals surface area contributed by atoms with Gasteiger partial charge in [-0.15, -0.1) is 10.2 Å². The zero-order valence-corrected chi connectivity index (χ0v) is 14.6. The number of nitrogens with one attached hydrogen (secondary N) is 1. The van der Waals surface area contributed by atoms with Crippen molar-refractivity contribution < 1.29 is 19.1 Å². The van der Waals surface area contributed by atoms with E-state index in [1.807, 2.05) is 0 Å². The van der Waals surface area contributed by atoms with E-state index in [1.165, 1.54) is 14.0 Å².